The number of nitrogens with two attached hydrogens (primary N) is 1. The number of hydrogen-bond donors (Lipinski definition) is 2. The summed E-state index contributed by atoms with van der Waals surface area (Å²) in [6, 6.07) is 0. The molecule has 0 radical (unpaired) electrons. The van der Waals surface area contributed by atoms with E-state index >= 15 is 0 Å². The Morgan fingerprint density at radius 1 is 1.39 bits per heavy atom. The minimum absolute atomic E-state index is 0.254. The van der Waals surface area contributed by atoms with Gasteiger partial charge in [-0.1, -0.05) is 25.4 Å². The lowest BCUT2D eigenvalue weighted by Crippen LogP contribution is -2.01. The lowest BCUT2D eigenvalue weighted by molar-refractivity contribution is 0.713. The van der Waals surface area contributed by atoms with E-state index in [0.717, 1.165) is 11.4 Å². The van der Waals surface area contributed by atoms with Gasteiger partial charge < -0.3 is 11.1 Å². The Balaban J connectivity index is 2.37. The van der Waals surface area contributed by atoms with Crippen molar-refractivity contribution in [2.75, 3.05) is 11.1 Å². The van der Waals surface area contributed by atoms with Gasteiger partial charge >= 0.3 is 0 Å². The molecule has 0 aromatic carbocycles. The maximum atomic E-state index is 6.04. The van der Waals surface area contributed by atoms with E-state index in [1.807, 2.05) is 13.2 Å². The van der Waals surface area contributed by atoms with Crippen molar-refractivity contribution in [3.8, 4) is 0 Å². The second-order valence-electron chi connectivity index (χ2n) is 4.30. The fraction of sp³-hybridized carbons (Fsp3) is 0.364. The van der Waals surface area contributed by atoms with E-state index in [1.165, 1.54) is 6.33 Å². The quantitative estimate of drug-likeness (QED) is 0.891. The molecule has 0 atom stereocenters. The summed E-state index contributed by atoms with van der Waals surface area (Å²) in [5, 5.41) is 7.85. The first-order chi connectivity index (χ1) is 8.49. The first-order valence-corrected chi connectivity index (χ1v) is 5.93. The first-order valence-electron chi connectivity index (χ1n) is 5.55. The number of nitrogens with zero attached hydrogens (tertiary/aromatic N) is 4. The fourth-order valence-corrected chi connectivity index (χ4v) is 1.77. The molecule has 0 aliphatic rings. The lowest BCUT2D eigenvalue weighted by atomic mass is 10.1. The van der Waals surface area contributed by atoms with Gasteiger partial charge in [0, 0.05) is 13.2 Å². The molecule has 0 spiro atoms. The highest BCUT2D eigenvalue weighted by atomic mass is 35.5. The van der Waals surface area contributed by atoms with E-state index < -0.39 is 0 Å². The van der Waals surface area contributed by atoms with Gasteiger partial charge in [-0.2, -0.15) is 5.10 Å². The molecule has 0 unspecified atom stereocenters. The predicted octanol–water partition coefficient (Wildman–Crippen LogP) is 2.31. The van der Waals surface area contributed by atoms with Crippen LogP contribution in [0, 0.1) is 0 Å². The Hall–Kier alpha value is -1.82. The molecule has 7 heteroatoms. The Morgan fingerprint density at radius 2 is 2.11 bits per heavy atom. The van der Waals surface area contributed by atoms with Gasteiger partial charge in [-0.05, 0) is 5.92 Å². The van der Waals surface area contributed by atoms with Gasteiger partial charge in [-0.3, -0.25) is 4.68 Å². The lowest BCUT2D eigenvalue weighted by Gasteiger charge is -2.09. The van der Waals surface area contributed by atoms with Crippen molar-refractivity contribution in [1.82, 2.24) is 19.7 Å². The molecule has 0 aliphatic heterocycles. The third kappa shape index (κ3) is 2.38. The molecule has 2 aromatic rings. The van der Waals surface area contributed by atoms with Crippen LogP contribution in [0.2, 0.25) is 5.02 Å². The summed E-state index contributed by atoms with van der Waals surface area (Å²) in [6.45, 7) is 4.15. The summed E-state index contributed by atoms with van der Waals surface area (Å²) in [6.07, 6.45) is 3.25. The monoisotopic (exact) mass is 266 g/mol. The molecule has 0 bridgehead atoms. The highest BCUT2D eigenvalue weighted by Gasteiger charge is 2.14. The number of hydrogen-bond acceptors (Lipinski definition) is 5. The van der Waals surface area contributed by atoms with Gasteiger partial charge in [0.1, 0.15) is 17.2 Å². The zero-order valence-electron chi connectivity index (χ0n) is 10.5. The molecule has 0 saturated heterocycles. The van der Waals surface area contributed by atoms with Crippen molar-refractivity contribution in [2.45, 2.75) is 19.8 Å². The van der Waals surface area contributed by atoms with Gasteiger partial charge in [0.15, 0.2) is 5.82 Å². The highest BCUT2D eigenvalue weighted by molar-refractivity contribution is 6.35. The Morgan fingerprint density at radius 3 is 2.78 bits per heavy atom. The van der Waals surface area contributed by atoms with E-state index in [2.05, 4.69) is 34.2 Å². The Labute approximate surface area is 110 Å². The summed E-state index contributed by atoms with van der Waals surface area (Å²) >= 11 is 6.04. The van der Waals surface area contributed by atoms with Crippen molar-refractivity contribution in [2.24, 2.45) is 7.05 Å². The van der Waals surface area contributed by atoms with Crippen molar-refractivity contribution < 1.29 is 0 Å². The topological polar surface area (TPSA) is 81.7 Å². The fourth-order valence-electron chi connectivity index (χ4n) is 1.63. The molecule has 96 valence electrons. The number of nitrogen functional groups attached to an aromatic ring is 1. The van der Waals surface area contributed by atoms with Crippen LogP contribution in [0.1, 0.15) is 25.5 Å². The van der Waals surface area contributed by atoms with Crippen molar-refractivity contribution >= 4 is 28.9 Å². The number of nitrogens with one attached hydrogen (secondary N) is 1. The van der Waals surface area contributed by atoms with Crippen LogP contribution in [0.5, 0.6) is 0 Å². The van der Waals surface area contributed by atoms with Crippen LogP contribution in [0.15, 0.2) is 12.5 Å². The van der Waals surface area contributed by atoms with Crippen LogP contribution in [0.3, 0.4) is 0 Å². The summed E-state index contributed by atoms with van der Waals surface area (Å²) in [4.78, 5) is 7.89. The Bertz CT molecular complexity index is 563. The van der Waals surface area contributed by atoms with Crippen molar-refractivity contribution in [1.29, 1.82) is 0 Å². The average Bonchev–Trinajstić information content (AvgIpc) is 2.66. The molecule has 18 heavy (non-hydrogen) atoms. The Kier molecular flexibility index (Phi) is 3.38. The second kappa shape index (κ2) is 4.81. The minimum Gasteiger partial charge on any atom is -0.382 e. The summed E-state index contributed by atoms with van der Waals surface area (Å²) in [5.74, 6) is 1.04. The zero-order valence-corrected chi connectivity index (χ0v) is 11.2. The highest BCUT2D eigenvalue weighted by Crippen LogP contribution is 2.29. The SMILES string of the molecule is CC(C)c1nn(C)cc1Nc1ncnc(N)c1Cl. The summed E-state index contributed by atoms with van der Waals surface area (Å²) in [5.41, 5.74) is 7.45. The van der Waals surface area contributed by atoms with Gasteiger partial charge in [-0.15, -0.1) is 0 Å². The van der Waals surface area contributed by atoms with E-state index in [1.54, 1.807) is 4.68 Å². The molecule has 3 N–H and O–H groups in total. The third-order valence-electron chi connectivity index (χ3n) is 2.47. The first kappa shape index (κ1) is 12.6. The molecule has 6 nitrogen and oxygen atoms in total. The molecule has 0 fully saturated rings. The van der Waals surface area contributed by atoms with Crippen LogP contribution >= 0.6 is 11.6 Å². The second-order valence-corrected chi connectivity index (χ2v) is 4.68. The van der Waals surface area contributed by atoms with E-state index in [9.17, 15) is 0 Å². The summed E-state index contributed by atoms with van der Waals surface area (Å²) < 4.78 is 1.75. The van der Waals surface area contributed by atoms with Crippen molar-refractivity contribution in [3.63, 3.8) is 0 Å². The zero-order chi connectivity index (χ0) is 13.3. The molecule has 0 aliphatic carbocycles. The van der Waals surface area contributed by atoms with Crippen LogP contribution in [-0.2, 0) is 7.05 Å². The van der Waals surface area contributed by atoms with Crippen molar-refractivity contribution in [3.05, 3.63) is 23.2 Å². The van der Waals surface area contributed by atoms with E-state index in [-0.39, 0.29) is 5.82 Å². The van der Waals surface area contributed by atoms with Crippen LogP contribution in [-0.4, -0.2) is 19.7 Å². The third-order valence-corrected chi connectivity index (χ3v) is 2.85. The largest absolute Gasteiger partial charge is 0.382 e. The van der Waals surface area contributed by atoms with Gasteiger partial charge in [0.25, 0.3) is 0 Å². The van der Waals surface area contributed by atoms with E-state index in [4.69, 9.17) is 17.3 Å². The molecule has 0 saturated carbocycles. The molecule has 2 rings (SSSR count). The average molecular weight is 267 g/mol. The van der Waals surface area contributed by atoms with Gasteiger partial charge in [-0.25, -0.2) is 9.97 Å². The summed E-state index contributed by atoms with van der Waals surface area (Å²) in [7, 11) is 1.87. The normalized spacial score (nSPS) is 10.9. The molecule has 0 amide bonds. The van der Waals surface area contributed by atoms with Crippen LogP contribution in [0.4, 0.5) is 17.3 Å². The number of rotatable bonds is 3. The van der Waals surface area contributed by atoms with Crippen LogP contribution in [0.25, 0.3) is 0 Å². The number of anilines is 3. The molecule has 2 heterocycles. The molecule has 2 aromatic heterocycles. The minimum atomic E-state index is 0.254. The number of aromatic nitrogens is 4. The van der Waals surface area contributed by atoms with E-state index in [0.29, 0.717) is 16.8 Å². The van der Waals surface area contributed by atoms with Gasteiger partial charge in [0.2, 0.25) is 0 Å². The smallest absolute Gasteiger partial charge is 0.154 e. The maximum Gasteiger partial charge on any atom is 0.154 e. The van der Waals surface area contributed by atoms with Gasteiger partial charge in [0.05, 0.1) is 11.4 Å². The standard InChI is InChI=1S/C11H15ClN6/c1-6(2)9-7(4-18(3)17-9)16-11-8(12)10(13)14-5-15-11/h4-6H,1-3H3,(H3,13,14,15,16). The predicted molar refractivity (Wildman–Crippen MR) is 72.0 cm³/mol. The maximum absolute atomic E-state index is 6.04. The number of halogens is 1. The van der Waals surface area contributed by atoms with Crippen LogP contribution < -0.4 is 11.1 Å². The molecular weight excluding hydrogens is 252 g/mol. The molecular formula is C11H15ClN6. The number of aryl methyl sites for hydroxylation is 1.